The number of nitrogens with zero attached hydrogens (tertiary/aromatic N) is 1. The molecule has 1 N–H and O–H groups in total. The molecule has 0 aliphatic rings. The van der Waals surface area contributed by atoms with E-state index in [0.29, 0.717) is 5.69 Å². The van der Waals surface area contributed by atoms with Crippen molar-refractivity contribution >= 4 is 21.6 Å². The lowest BCUT2D eigenvalue weighted by molar-refractivity contribution is -0.122. The largest absolute Gasteiger partial charge is 0.497 e. The lowest BCUT2D eigenvalue weighted by Gasteiger charge is -2.29. The van der Waals surface area contributed by atoms with E-state index < -0.39 is 16.1 Å². The van der Waals surface area contributed by atoms with Crippen LogP contribution in [0, 0.1) is 0 Å². The molecule has 0 radical (unpaired) electrons. The van der Waals surface area contributed by atoms with Crippen LogP contribution in [0.5, 0.6) is 5.75 Å². The molecule has 0 aromatic heterocycles. The van der Waals surface area contributed by atoms with Crippen molar-refractivity contribution in [3.63, 3.8) is 0 Å². The lowest BCUT2D eigenvalue weighted by Crippen LogP contribution is -2.48. The average molecular weight is 376 g/mol. The summed E-state index contributed by atoms with van der Waals surface area (Å²) in [7, 11) is -2.03. The lowest BCUT2D eigenvalue weighted by atomic mass is 10.1. The minimum absolute atomic E-state index is 0.270. The summed E-state index contributed by atoms with van der Waals surface area (Å²) in [6.07, 6.45) is 1.09. The van der Waals surface area contributed by atoms with Crippen LogP contribution in [0.2, 0.25) is 0 Å². The molecule has 2 aromatic rings. The van der Waals surface area contributed by atoms with Gasteiger partial charge in [-0.3, -0.25) is 9.10 Å². The number of hydrogen-bond acceptors (Lipinski definition) is 4. The molecule has 2 rings (SSSR count). The summed E-state index contributed by atoms with van der Waals surface area (Å²) in [6, 6.07) is 14.8. The second-order valence-corrected chi connectivity index (χ2v) is 7.93. The number of ether oxygens (including phenoxy) is 1. The molecule has 2 aromatic carbocycles. The molecule has 6 nitrogen and oxygen atoms in total. The maximum atomic E-state index is 12.7. The maximum absolute atomic E-state index is 12.7. The molecule has 0 bridgehead atoms. The summed E-state index contributed by atoms with van der Waals surface area (Å²) in [5.41, 5.74) is 1.35. The van der Waals surface area contributed by atoms with Crippen molar-refractivity contribution < 1.29 is 17.9 Å². The Balaban J connectivity index is 2.18. The SMILES string of the molecule is COc1ccc([C@@H](C)NC(=O)[C@@H](C)N(c2ccccc2)S(C)(=O)=O)cc1. The van der Waals surface area contributed by atoms with Crippen LogP contribution in [0.4, 0.5) is 5.69 Å². The number of para-hydroxylation sites is 1. The van der Waals surface area contributed by atoms with E-state index in [1.807, 2.05) is 31.2 Å². The summed E-state index contributed by atoms with van der Waals surface area (Å²) < 4.78 is 30.7. The molecule has 0 heterocycles. The smallest absolute Gasteiger partial charge is 0.244 e. The van der Waals surface area contributed by atoms with Crippen molar-refractivity contribution in [2.24, 2.45) is 0 Å². The van der Waals surface area contributed by atoms with Crippen molar-refractivity contribution in [2.75, 3.05) is 17.7 Å². The zero-order valence-corrected chi connectivity index (χ0v) is 16.2. The monoisotopic (exact) mass is 376 g/mol. The minimum Gasteiger partial charge on any atom is -0.497 e. The van der Waals surface area contributed by atoms with Crippen LogP contribution in [0.1, 0.15) is 25.5 Å². The third-order valence-electron chi connectivity index (χ3n) is 4.07. The molecule has 0 aliphatic carbocycles. The van der Waals surface area contributed by atoms with Gasteiger partial charge in [-0.15, -0.1) is 0 Å². The predicted octanol–water partition coefficient (Wildman–Crippen LogP) is 2.73. The van der Waals surface area contributed by atoms with E-state index in [2.05, 4.69) is 5.32 Å². The first-order chi connectivity index (χ1) is 12.2. The molecule has 0 unspecified atom stereocenters. The van der Waals surface area contributed by atoms with Crippen LogP contribution in [-0.4, -0.2) is 33.7 Å². The Morgan fingerprint density at radius 1 is 1.04 bits per heavy atom. The van der Waals surface area contributed by atoms with Gasteiger partial charge in [-0.05, 0) is 43.7 Å². The number of carbonyl (C=O) groups is 1. The first-order valence-electron chi connectivity index (χ1n) is 8.23. The maximum Gasteiger partial charge on any atom is 0.244 e. The first kappa shape index (κ1) is 19.8. The number of benzene rings is 2. The summed E-state index contributed by atoms with van der Waals surface area (Å²) in [4.78, 5) is 12.7. The molecule has 26 heavy (non-hydrogen) atoms. The quantitative estimate of drug-likeness (QED) is 0.806. The Kier molecular flexibility index (Phi) is 6.26. The van der Waals surface area contributed by atoms with Gasteiger partial charge >= 0.3 is 0 Å². The standard InChI is InChI=1S/C19H24N2O4S/c1-14(16-10-12-18(25-3)13-11-16)20-19(22)15(2)21(26(4,23)24)17-8-6-5-7-9-17/h5-15H,1-4H3,(H,20,22)/t14-,15-/m1/s1. The van der Waals surface area contributed by atoms with Crippen molar-refractivity contribution in [1.29, 1.82) is 0 Å². The van der Waals surface area contributed by atoms with Crippen molar-refractivity contribution in [2.45, 2.75) is 25.9 Å². The van der Waals surface area contributed by atoms with E-state index in [1.165, 1.54) is 0 Å². The molecule has 0 aliphatic heterocycles. The third-order valence-corrected chi connectivity index (χ3v) is 5.32. The van der Waals surface area contributed by atoms with Crippen molar-refractivity contribution in [3.05, 3.63) is 60.2 Å². The molecule has 140 valence electrons. The highest BCUT2D eigenvalue weighted by atomic mass is 32.2. The fraction of sp³-hybridized carbons (Fsp3) is 0.316. The summed E-state index contributed by atoms with van der Waals surface area (Å²) in [6.45, 7) is 3.42. The number of hydrogen-bond donors (Lipinski definition) is 1. The van der Waals surface area contributed by atoms with E-state index >= 15 is 0 Å². The van der Waals surface area contributed by atoms with Gasteiger partial charge < -0.3 is 10.1 Å². The van der Waals surface area contributed by atoms with E-state index in [-0.39, 0.29) is 11.9 Å². The normalized spacial score (nSPS) is 13.5. The fourth-order valence-corrected chi connectivity index (χ4v) is 3.87. The number of rotatable bonds is 7. The Hall–Kier alpha value is -2.54. The molecule has 0 fully saturated rings. The summed E-state index contributed by atoms with van der Waals surface area (Å²) in [5, 5.41) is 2.87. The highest BCUT2D eigenvalue weighted by Gasteiger charge is 2.29. The molecule has 1 amide bonds. The van der Waals surface area contributed by atoms with Gasteiger partial charge in [-0.1, -0.05) is 30.3 Å². The van der Waals surface area contributed by atoms with E-state index in [9.17, 15) is 13.2 Å². The van der Waals surface area contributed by atoms with Gasteiger partial charge in [0, 0.05) is 0 Å². The number of amides is 1. The molecule has 7 heteroatoms. The van der Waals surface area contributed by atoms with Crippen molar-refractivity contribution in [3.8, 4) is 5.75 Å². The first-order valence-corrected chi connectivity index (χ1v) is 10.1. The van der Waals surface area contributed by atoms with Crippen LogP contribution in [0.25, 0.3) is 0 Å². The molecular formula is C19H24N2O4S. The Labute approximate surface area is 154 Å². The number of methoxy groups -OCH3 is 1. The van der Waals surface area contributed by atoms with Crippen LogP contribution >= 0.6 is 0 Å². The number of sulfonamides is 1. The second kappa shape index (κ2) is 8.23. The number of carbonyl (C=O) groups excluding carboxylic acids is 1. The Morgan fingerprint density at radius 2 is 1.62 bits per heavy atom. The van der Waals surface area contributed by atoms with E-state index in [0.717, 1.165) is 21.9 Å². The zero-order valence-electron chi connectivity index (χ0n) is 15.3. The van der Waals surface area contributed by atoms with Crippen LogP contribution in [0.15, 0.2) is 54.6 Å². The summed E-state index contributed by atoms with van der Waals surface area (Å²) in [5.74, 6) is 0.357. The predicted molar refractivity (Wildman–Crippen MR) is 103 cm³/mol. The molecule has 0 saturated heterocycles. The Morgan fingerprint density at radius 3 is 2.12 bits per heavy atom. The molecule has 0 spiro atoms. The van der Waals surface area contributed by atoms with Crippen LogP contribution in [0.3, 0.4) is 0 Å². The van der Waals surface area contributed by atoms with E-state index in [1.54, 1.807) is 44.4 Å². The molecular weight excluding hydrogens is 352 g/mol. The van der Waals surface area contributed by atoms with Gasteiger partial charge in [0.1, 0.15) is 11.8 Å². The third kappa shape index (κ3) is 4.76. The van der Waals surface area contributed by atoms with Gasteiger partial charge in [0.25, 0.3) is 0 Å². The zero-order chi connectivity index (χ0) is 19.3. The molecule has 0 saturated carbocycles. The average Bonchev–Trinajstić information content (AvgIpc) is 2.61. The van der Waals surface area contributed by atoms with Gasteiger partial charge in [-0.2, -0.15) is 0 Å². The fourth-order valence-electron chi connectivity index (χ4n) is 2.69. The van der Waals surface area contributed by atoms with Gasteiger partial charge in [-0.25, -0.2) is 8.42 Å². The highest BCUT2D eigenvalue weighted by Crippen LogP contribution is 2.22. The second-order valence-electron chi connectivity index (χ2n) is 6.07. The topological polar surface area (TPSA) is 75.7 Å². The van der Waals surface area contributed by atoms with Gasteiger partial charge in [0.05, 0.1) is 25.1 Å². The van der Waals surface area contributed by atoms with Crippen molar-refractivity contribution in [1.82, 2.24) is 5.32 Å². The van der Waals surface area contributed by atoms with E-state index in [4.69, 9.17) is 4.74 Å². The van der Waals surface area contributed by atoms with Gasteiger partial charge in [0.15, 0.2) is 0 Å². The highest BCUT2D eigenvalue weighted by molar-refractivity contribution is 7.92. The molecule has 2 atom stereocenters. The number of nitrogens with one attached hydrogen (secondary N) is 1. The summed E-state index contributed by atoms with van der Waals surface area (Å²) >= 11 is 0. The van der Waals surface area contributed by atoms with Crippen LogP contribution < -0.4 is 14.4 Å². The Bertz CT molecular complexity index is 836. The minimum atomic E-state index is -3.62. The van der Waals surface area contributed by atoms with Crippen LogP contribution in [-0.2, 0) is 14.8 Å². The number of anilines is 1. The van der Waals surface area contributed by atoms with Gasteiger partial charge in [0.2, 0.25) is 15.9 Å².